The Morgan fingerprint density at radius 2 is 2.11 bits per heavy atom. The van der Waals surface area contributed by atoms with E-state index in [-0.39, 0.29) is 5.84 Å². The summed E-state index contributed by atoms with van der Waals surface area (Å²) in [6, 6.07) is 3.77. The summed E-state index contributed by atoms with van der Waals surface area (Å²) in [6.07, 6.45) is 4.27. The number of anilines is 1. The minimum absolute atomic E-state index is 0.0464. The van der Waals surface area contributed by atoms with Crippen LogP contribution >= 0.6 is 0 Å². The molecule has 0 bridgehead atoms. The Morgan fingerprint density at radius 3 is 2.58 bits per heavy atom. The number of pyridine rings is 1. The van der Waals surface area contributed by atoms with E-state index in [4.69, 9.17) is 10.9 Å². The fourth-order valence-corrected chi connectivity index (χ4v) is 2.60. The van der Waals surface area contributed by atoms with Crippen LogP contribution in [0.15, 0.2) is 23.5 Å². The maximum atomic E-state index is 8.60. The fourth-order valence-electron chi connectivity index (χ4n) is 2.60. The van der Waals surface area contributed by atoms with Crippen LogP contribution in [0.2, 0.25) is 0 Å². The Balaban J connectivity index is 2.00. The molecule has 0 amide bonds. The van der Waals surface area contributed by atoms with Crippen molar-refractivity contribution in [3.05, 3.63) is 24.0 Å². The van der Waals surface area contributed by atoms with E-state index in [0.29, 0.717) is 5.69 Å². The molecule has 1 fully saturated rings. The van der Waals surface area contributed by atoms with Crippen molar-refractivity contribution >= 4 is 11.5 Å². The van der Waals surface area contributed by atoms with E-state index in [0.717, 1.165) is 30.6 Å². The number of nitrogens with zero attached hydrogens (tertiary/aromatic N) is 3. The zero-order chi connectivity index (χ0) is 13.8. The molecule has 0 saturated carbocycles. The predicted octanol–water partition coefficient (Wildman–Crippen LogP) is 2.05. The van der Waals surface area contributed by atoms with Crippen molar-refractivity contribution in [2.24, 2.45) is 22.7 Å². The van der Waals surface area contributed by atoms with Gasteiger partial charge in [-0.15, -0.1) is 0 Å². The maximum Gasteiger partial charge on any atom is 0.188 e. The van der Waals surface area contributed by atoms with Gasteiger partial charge < -0.3 is 15.8 Å². The molecule has 2 rings (SSSR count). The molecule has 19 heavy (non-hydrogen) atoms. The summed E-state index contributed by atoms with van der Waals surface area (Å²) in [5.74, 6) is 1.65. The van der Waals surface area contributed by atoms with Gasteiger partial charge in [0.15, 0.2) is 5.84 Å². The zero-order valence-corrected chi connectivity index (χ0v) is 11.6. The second-order valence-electron chi connectivity index (χ2n) is 5.46. The molecule has 1 aromatic heterocycles. The monoisotopic (exact) mass is 262 g/mol. The number of amidine groups is 1. The predicted molar refractivity (Wildman–Crippen MR) is 76.5 cm³/mol. The standard InChI is InChI=1S/C14H22N4O/c1-10(2)11-5-7-18(8-6-11)12-3-4-13(16-9-12)14(15)17-19/h3-4,9-11,19H,5-8H2,1-2H3,(H2,15,17). The molecule has 2 heterocycles. The first-order valence-corrected chi connectivity index (χ1v) is 6.80. The van der Waals surface area contributed by atoms with Gasteiger partial charge in [0.25, 0.3) is 0 Å². The lowest BCUT2D eigenvalue weighted by molar-refractivity contribution is 0.311. The Labute approximate surface area is 114 Å². The summed E-state index contributed by atoms with van der Waals surface area (Å²) in [6.45, 7) is 6.75. The molecule has 1 aliphatic rings. The van der Waals surface area contributed by atoms with Gasteiger partial charge in [0.2, 0.25) is 0 Å². The van der Waals surface area contributed by atoms with E-state index >= 15 is 0 Å². The molecule has 0 unspecified atom stereocenters. The summed E-state index contributed by atoms with van der Waals surface area (Å²) < 4.78 is 0. The SMILES string of the molecule is CC(C)C1CCN(c2ccc(/C(N)=N/O)nc2)CC1. The van der Waals surface area contributed by atoms with Crippen LogP contribution in [0.4, 0.5) is 5.69 Å². The first-order valence-electron chi connectivity index (χ1n) is 6.80. The van der Waals surface area contributed by atoms with Crippen molar-refractivity contribution in [3.8, 4) is 0 Å². The lowest BCUT2D eigenvalue weighted by Gasteiger charge is -2.35. The van der Waals surface area contributed by atoms with E-state index in [1.807, 2.05) is 6.07 Å². The van der Waals surface area contributed by atoms with Crippen molar-refractivity contribution in [2.45, 2.75) is 26.7 Å². The number of aromatic nitrogens is 1. The summed E-state index contributed by atoms with van der Waals surface area (Å²) in [5, 5.41) is 11.5. The first-order chi connectivity index (χ1) is 9.11. The topological polar surface area (TPSA) is 74.7 Å². The Kier molecular flexibility index (Phi) is 4.24. The molecule has 5 nitrogen and oxygen atoms in total. The van der Waals surface area contributed by atoms with Crippen molar-refractivity contribution < 1.29 is 5.21 Å². The van der Waals surface area contributed by atoms with E-state index in [1.54, 1.807) is 12.3 Å². The van der Waals surface area contributed by atoms with Crippen LogP contribution in [0.5, 0.6) is 0 Å². The van der Waals surface area contributed by atoms with Gasteiger partial charge in [-0.05, 0) is 36.8 Å². The smallest absolute Gasteiger partial charge is 0.188 e. The van der Waals surface area contributed by atoms with Crippen molar-refractivity contribution in [2.75, 3.05) is 18.0 Å². The molecule has 1 saturated heterocycles. The van der Waals surface area contributed by atoms with Crippen LogP contribution in [-0.2, 0) is 0 Å². The Bertz CT molecular complexity index is 433. The van der Waals surface area contributed by atoms with Gasteiger partial charge in [-0.25, -0.2) is 0 Å². The third-order valence-electron chi connectivity index (χ3n) is 3.97. The van der Waals surface area contributed by atoms with Crippen LogP contribution < -0.4 is 10.6 Å². The fraction of sp³-hybridized carbons (Fsp3) is 0.571. The van der Waals surface area contributed by atoms with Crippen molar-refractivity contribution in [1.29, 1.82) is 0 Å². The van der Waals surface area contributed by atoms with Gasteiger partial charge in [-0.3, -0.25) is 4.98 Å². The number of nitrogens with two attached hydrogens (primary N) is 1. The van der Waals surface area contributed by atoms with Gasteiger partial charge in [0.1, 0.15) is 5.69 Å². The number of oxime groups is 1. The summed E-state index contributed by atoms with van der Waals surface area (Å²) >= 11 is 0. The lowest BCUT2D eigenvalue weighted by atomic mass is 9.86. The highest BCUT2D eigenvalue weighted by atomic mass is 16.4. The third kappa shape index (κ3) is 3.16. The number of piperidine rings is 1. The van der Waals surface area contributed by atoms with Crippen molar-refractivity contribution in [3.63, 3.8) is 0 Å². The molecule has 3 N–H and O–H groups in total. The Morgan fingerprint density at radius 1 is 1.42 bits per heavy atom. The second kappa shape index (κ2) is 5.91. The summed E-state index contributed by atoms with van der Waals surface area (Å²) in [5.41, 5.74) is 7.11. The van der Waals surface area contributed by atoms with Gasteiger partial charge in [0.05, 0.1) is 11.9 Å². The van der Waals surface area contributed by atoms with E-state index < -0.39 is 0 Å². The average Bonchev–Trinajstić information content (AvgIpc) is 2.46. The van der Waals surface area contributed by atoms with Crippen LogP contribution in [0.3, 0.4) is 0 Å². The molecule has 0 radical (unpaired) electrons. The summed E-state index contributed by atoms with van der Waals surface area (Å²) in [4.78, 5) is 6.57. The molecule has 0 spiro atoms. The highest BCUT2D eigenvalue weighted by Gasteiger charge is 2.21. The van der Waals surface area contributed by atoms with Gasteiger partial charge in [-0.2, -0.15) is 0 Å². The highest BCUT2D eigenvalue weighted by Crippen LogP contribution is 2.27. The zero-order valence-electron chi connectivity index (χ0n) is 11.6. The third-order valence-corrected chi connectivity index (χ3v) is 3.97. The summed E-state index contributed by atoms with van der Waals surface area (Å²) in [7, 11) is 0. The number of hydrogen-bond acceptors (Lipinski definition) is 4. The highest BCUT2D eigenvalue weighted by molar-refractivity contribution is 5.95. The molecule has 0 atom stereocenters. The molecular weight excluding hydrogens is 240 g/mol. The molecule has 5 heteroatoms. The van der Waals surface area contributed by atoms with Gasteiger partial charge in [0, 0.05) is 13.1 Å². The van der Waals surface area contributed by atoms with E-state index in [9.17, 15) is 0 Å². The lowest BCUT2D eigenvalue weighted by Crippen LogP contribution is -2.35. The van der Waals surface area contributed by atoms with Crippen molar-refractivity contribution in [1.82, 2.24) is 4.98 Å². The molecule has 104 valence electrons. The van der Waals surface area contributed by atoms with Crippen LogP contribution in [0, 0.1) is 11.8 Å². The average molecular weight is 262 g/mol. The number of rotatable bonds is 3. The molecule has 0 aromatic carbocycles. The van der Waals surface area contributed by atoms with E-state index in [2.05, 4.69) is 28.9 Å². The second-order valence-corrected chi connectivity index (χ2v) is 5.46. The van der Waals surface area contributed by atoms with Crippen LogP contribution in [0.25, 0.3) is 0 Å². The maximum absolute atomic E-state index is 8.60. The van der Waals surface area contributed by atoms with Gasteiger partial charge >= 0.3 is 0 Å². The minimum Gasteiger partial charge on any atom is -0.409 e. The molecular formula is C14H22N4O. The molecule has 1 aliphatic heterocycles. The normalized spacial score (nSPS) is 18.1. The van der Waals surface area contributed by atoms with E-state index in [1.165, 1.54) is 12.8 Å². The first kappa shape index (κ1) is 13.6. The quantitative estimate of drug-likeness (QED) is 0.378. The molecule has 1 aromatic rings. The largest absolute Gasteiger partial charge is 0.409 e. The van der Waals surface area contributed by atoms with Crippen LogP contribution in [0.1, 0.15) is 32.4 Å². The van der Waals surface area contributed by atoms with Crippen LogP contribution in [-0.4, -0.2) is 29.1 Å². The van der Waals surface area contributed by atoms with Gasteiger partial charge in [-0.1, -0.05) is 19.0 Å². The Hall–Kier alpha value is -1.78. The number of hydrogen-bond donors (Lipinski definition) is 2. The molecule has 0 aliphatic carbocycles. The minimum atomic E-state index is 0.0464.